The van der Waals surface area contributed by atoms with Crippen molar-refractivity contribution in [3.05, 3.63) is 5.89 Å². The summed E-state index contributed by atoms with van der Waals surface area (Å²) in [5.41, 5.74) is 5.98. The first kappa shape index (κ1) is 11.4. The van der Waals surface area contributed by atoms with Crippen molar-refractivity contribution in [3.63, 3.8) is 0 Å². The van der Waals surface area contributed by atoms with Gasteiger partial charge in [0.15, 0.2) is 0 Å². The third-order valence-corrected chi connectivity index (χ3v) is 3.01. The van der Waals surface area contributed by atoms with Crippen LogP contribution in [0.1, 0.15) is 51.0 Å². The quantitative estimate of drug-likeness (QED) is 0.826. The zero-order valence-electron chi connectivity index (χ0n) is 9.85. The van der Waals surface area contributed by atoms with E-state index in [1.165, 1.54) is 12.8 Å². The zero-order chi connectivity index (χ0) is 11.4. The minimum absolute atomic E-state index is 0.108. The summed E-state index contributed by atoms with van der Waals surface area (Å²) in [4.78, 5) is 6.52. The molecule has 0 amide bonds. The molecule has 2 heterocycles. The molecule has 1 aromatic heterocycles. The first-order valence-corrected chi connectivity index (χ1v) is 6.15. The number of aromatic nitrogens is 2. The third kappa shape index (κ3) is 2.52. The molecule has 0 spiro atoms. The fourth-order valence-electron chi connectivity index (χ4n) is 1.97. The summed E-state index contributed by atoms with van der Waals surface area (Å²) >= 11 is 0. The fourth-order valence-corrected chi connectivity index (χ4v) is 1.97. The van der Waals surface area contributed by atoms with Crippen LogP contribution in [-0.2, 0) is 0 Å². The average molecular weight is 224 g/mol. The number of hydrogen-bond acceptors (Lipinski definition) is 5. The molecule has 90 valence electrons. The van der Waals surface area contributed by atoms with E-state index in [4.69, 9.17) is 10.3 Å². The van der Waals surface area contributed by atoms with E-state index in [1.54, 1.807) is 0 Å². The van der Waals surface area contributed by atoms with Gasteiger partial charge in [0.2, 0.25) is 5.89 Å². The summed E-state index contributed by atoms with van der Waals surface area (Å²) in [5, 5.41) is 3.99. The van der Waals surface area contributed by atoms with E-state index in [2.05, 4.69) is 22.0 Å². The standard InChI is InChI=1S/C11H20N4O/c1-2-3-6-9(12)10-13-11(14-16-10)15-7-4-5-8-15/h9H,2-8,12H2,1H3. The van der Waals surface area contributed by atoms with Gasteiger partial charge < -0.3 is 15.2 Å². The second kappa shape index (κ2) is 5.30. The van der Waals surface area contributed by atoms with Crippen LogP contribution in [0.15, 0.2) is 4.52 Å². The Balaban J connectivity index is 1.95. The summed E-state index contributed by atoms with van der Waals surface area (Å²) in [6, 6.07) is -0.108. The molecular formula is C11H20N4O. The zero-order valence-corrected chi connectivity index (χ0v) is 9.85. The van der Waals surface area contributed by atoms with Gasteiger partial charge in [0.1, 0.15) is 0 Å². The molecule has 0 radical (unpaired) electrons. The predicted octanol–water partition coefficient (Wildman–Crippen LogP) is 1.86. The molecule has 1 aliphatic rings. The highest BCUT2D eigenvalue weighted by Crippen LogP contribution is 2.20. The van der Waals surface area contributed by atoms with E-state index in [0.29, 0.717) is 11.8 Å². The molecule has 2 N–H and O–H groups in total. The van der Waals surface area contributed by atoms with E-state index < -0.39 is 0 Å². The van der Waals surface area contributed by atoms with Gasteiger partial charge in [-0.25, -0.2) is 0 Å². The average Bonchev–Trinajstić information content (AvgIpc) is 2.94. The molecule has 16 heavy (non-hydrogen) atoms. The monoisotopic (exact) mass is 224 g/mol. The van der Waals surface area contributed by atoms with Crippen LogP contribution in [0.4, 0.5) is 5.95 Å². The molecule has 1 fully saturated rings. The Morgan fingerprint density at radius 3 is 2.88 bits per heavy atom. The van der Waals surface area contributed by atoms with Crippen LogP contribution < -0.4 is 10.6 Å². The molecule has 1 atom stereocenters. The minimum atomic E-state index is -0.108. The van der Waals surface area contributed by atoms with Crippen molar-refractivity contribution in [2.75, 3.05) is 18.0 Å². The highest BCUT2D eigenvalue weighted by molar-refractivity contribution is 5.29. The van der Waals surface area contributed by atoms with Crippen LogP contribution in [-0.4, -0.2) is 23.2 Å². The van der Waals surface area contributed by atoms with Crippen LogP contribution in [0, 0.1) is 0 Å². The van der Waals surface area contributed by atoms with Crippen LogP contribution in [0.2, 0.25) is 0 Å². The van der Waals surface area contributed by atoms with Gasteiger partial charge in [-0.05, 0) is 24.4 Å². The molecule has 5 heteroatoms. The van der Waals surface area contributed by atoms with E-state index in [9.17, 15) is 0 Å². The normalized spacial score (nSPS) is 18.0. The third-order valence-electron chi connectivity index (χ3n) is 3.01. The largest absolute Gasteiger partial charge is 0.338 e. The molecule has 1 unspecified atom stereocenters. The molecule has 1 aliphatic heterocycles. The van der Waals surface area contributed by atoms with Gasteiger partial charge in [0.25, 0.3) is 5.95 Å². The number of hydrogen-bond donors (Lipinski definition) is 1. The second-order valence-corrected chi connectivity index (χ2v) is 4.38. The Morgan fingerprint density at radius 2 is 2.19 bits per heavy atom. The maximum atomic E-state index is 5.98. The first-order chi connectivity index (χ1) is 7.81. The number of anilines is 1. The topological polar surface area (TPSA) is 68.2 Å². The maximum Gasteiger partial charge on any atom is 0.266 e. The molecule has 0 aliphatic carbocycles. The van der Waals surface area contributed by atoms with Gasteiger partial charge in [0, 0.05) is 13.1 Å². The van der Waals surface area contributed by atoms with Gasteiger partial charge in [-0.15, -0.1) is 0 Å². The Labute approximate surface area is 96.0 Å². The Morgan fingerprint density at radius 1 is 1.44 bits per heavy atom. The highest BCUT2D eigenvalue weighted by Gasteiger charge is 2.20. The van der Waals surface area contributed by atoms with Gasteiger partial charge in [-0.3, -0.25) is 0 Å². The summed E-state index contributed by atoms with van der Waals surface area (Å²) < 4.78 is 5.21. The Hall–Kier alpha value is -1.10. The summed E-state index contributed by atoms with van der Waals surface area (Å²) in [7, 11) is 0. The Bertz CT molecular complexity index is 320. The molecule has 2 rings (SSSR count). The van der Waals surface area contributed by atoms with E-state index >= 15 is 0 Å². The van der Waals surface area contributed by atoms with E-state index in [0.717, 1.165) is 32.4 Å². The van der Waals surface area contributed by atoms with Crippen molar-refractivity contribution in [2.45, 2.75) is 45.1 Å². The van der Waals surface area contributed by atoms with E-state index in [-0.39, 0.29) is 6.04 Å². The van der Waals surface area contributed by atoms with Crippen LogP contribution in [0.25, 0.3) is 0 Å². The molecule has 1 saturated heterocycles. The molecular weight excluding hydrogens is 204 g/mol. The van der Waals surface area contributed by atoms with Crippen LogP contribution in [0.5, 0.6) is 0 Å². The molecule has 0 saturated carbocycles. The maximum absolute atomic E-state index is 5.98. The van der Waals surface area contributed by atoms with Crippen molar-refractivity contribution in [1.82, 2.24) is 10.1 Å². The first-order valence-electron chi connectivity index (χ1n) is 6.15. The number of unbranched alkanes of at least 4 members (excludes halogenated alkanes) is 1. The minimum Gasteiger partial charge on any atom is -0.338 e. The van der Waals surface area contributed by atoms with Crippen molar-refractivity contribution in [1.29, 1.82) is 0 Å². The molecule has 0 bridgehead atoms. The van der Waals surface area contributed by atoms with Gasteiger partial charge in [0.05, 0.1) is 6.04 Å². The lowest BCUT2D eigenvalue weighted by Gasteiger charge is -2.10. The van der Waals surface area contributed by atoms with Crippen molar-refractivity contribution < 1.29 is 4.52 Å². The van der Waals surface area contributed by atoms with Crippen LogP contribution >= 0.6 is 0 Å². The lowest BCUT2D eigenvalue weighted by atomic mass is 10.1. The molecule has 1 aromatic rings. The fraction of sp³-hybridized carbons (Fsp3) is 0.818. The van der Waals surface area contributed by atoms with Crippen molar-refractivity contribution in [3.8, 4) is 0 Å². The number of nitrogens with two attached hydrogens (primary N) is 1. The number of nitrogens with zero attached hydrogens (tertiary/aromatic N) is 3. The molecule has 5 nitrogen and oxygen atoms in total. The highest BCUT2D eigenvalue weighted by atomic mass is 16.5. The number of rotatable bonds is 5. The van der Waals surface area contributed by atoms with E-state index in [1.807, 2.05) is 0 Å². The van der Waals surface area contributed by atoms with Gasteiger partial charge in [-0.1, -0.05) is 19.8 Å². The van der Waals surface area contributed by atoms with Gasteiger partial charge >= 0.3 is 0 Å². The van der Waals surface area contributed by atoms with Crippen molar-refractivity contribution >= 4 is 5.95 Å². The SMILES string of the molecule is CCCCC(N)c1nc(N2CCCC2)no1. The smallest absolute Gasteiger partial charge is 0.266 e. The summed E-state index contributed by atoms with van der Waals surface area (Å²) in [5.74, 6) is 1.29. The second-order valence-electron chi connectivity index (χ2n) is 4.38. The summed E-state index contributed by atoms with van der Waals surface area (Å²) in [6.07, 6.45) is 5.58. The lowest BCUT2D eigenvalue weighted by molar-refractivity contribution is 0.345. The predicted molar refractivity (Wildman–Crippen MR) is 62.2 cm³/mol. The Kier molecular flexibility index (Phi) is 3.77. The van der Waals surface area contributed by atoms with Crippen LogP contribution in [0.3, 0.4) is 0 Å². The lowest BCUT2D eigenvalue weighted by Crippen LogP contribution is -2.19. The van der Waals surface area contributed by atoms with Crippen molar-refractivity contribution in [2.24, 2.45) is 5.73 Å². The summed E-state index contributed by atoms with van der Waals surface area (Å²) in [6.45, 7) is 4.21. The van der Waals surface area contributed by atoms with Gasteiger partial charge in [-0.2, -0.15) is 4.98 Å². The molecule has 0 aromatic carbocycles.